The van der Waals surface area contributed by atoms with Crippen molar-refractivity contribution in [1.82, 2.24) is 4.31 Å². The molecule has 0 aromatic heterocycles. The molecule has 1 rings (SSSR count). The van der Waals surface area contributed by atoms with Crippen LogP contribution in [0, 0.1) is 6.92 Å². The summed E-state index contributed by atoms with van der Waals surface area (Å²) in [7, 11) is -3.32. The topological polar surface area (TPSA) is 63.4 Å². The van der Waals surface area contributed by atoms with E-state index in [0.29, 0.717) is 19.5 Å². The van der Waals surface area contributed by atoms with E-state index in [1.807, 2.05) is 45.0 Å². The number of nitrogens with zero attached hydrogens (tertiary/aromatic N) is 1. The van der Waals surface area contributed by atoms with Crippen LogP contribution in [-0.2, 0) is 16.6 Å². The summed E-state index contributed by atoms with van der Waals surface area (Å²) in [6.45, 7) is 6.77. The molecule has 5 heteroatoms. The van der Waals surface area contributed by atoms with Crippen LogP contribution in [0.2, 0.25) is 0 Å². The molecule has 2 N–H and O–H groups in total. The second kappa shape index (κ2) is 7.03. The van der Waals surface area contributed by atoms with Gasteiger partial charge < -0.3 is 5.73 Å². The molecular formula is C14H24N2O2S. The molecule has 0 spiro atoms. The largest absolute Gasteiger partial charge is 0.329 e. The summed E-state index contributed by atoms with van der Waals surface area (Å²) in [5, 5.41) is -0.489. The van der Waals surface area contributed by atoms with Crippen LogP contribution in [0.4, 0.5) is 0 Å². The molecule has 0 saturated carbocycles. The van der Waals surface area contributed by atoms with E-state index in [1.165, 1.54) is 4.31 Å². The van der Waals surface area contributed by atoms with Gasteiger partial charge in [0.05, 0.1) is 5.25 Å². The summed E-state index contributed by atoms with van der Waals surface area (Å²) in [5.74, 6) is 0. The Morgan fingerprint density at radius 2 is 1.89 bits per heavy atom. The molecule has 0 fully saturated rings. The molecule has 1 unspecified atom stereocenters. The van der Waals surface area contributed by atoms with Crippen molar-refractivity contribution in [3.05, 3.63) is 35.4 Å². The van der Waals surface area contributed by atoms with Crippen molar-refractivity contribution in [2.24, 2.45) is 5.73 Å². The second-order valence-corrected chi connectivity index (χ2v) is 6.88. The Labute approximate surface area is 116 Å². The molecule has 1 atom stereocenters. The summed E-state index contributed by atoms with van der Waals surface area (Å²) in [5.41, 5.74) is 7.73. The SMILES string of the molecule is CCC(CN)S(=O)(=O)N(CC)Cc1ccccc1C. The Kier molecular flexibility index (Phi) is 5.97. The first kappa shape index (κ1) is 16.1. The molecule has 108 valence electrons. The summed E-state index contributed by atoms with van der Waals surface area (Å²) in [6, 6.07) is 7.86. The van der Waals surface area contributed by atoms with E-state index in [9.17, 15) is 8.42 Å². The van der Waals surface area contributed by atoms with Gasteiger partial charge in [0.15, 0.2) is 0 Å². The molecular weight excluding hydrogens is 260 g/mol. The number of nitrogens with two attached hydrogens (primary N) is 1. The summed E-state index contributed by atoms with van der Waals surface area (Å²) in [6.07, 6.45) is 0.545. The van der Waals surface area contributed by atoms with Gasteiger partial charge >= 0.3 is 0 Å². The highest BCUT2D eigenvalue weighted by molar-refractivity contribution is 7.89. The fourth-order valence-electron chi connectivity index (χ4n) is 2.07. The Morgan fingerprint density at radius 3 is 2.37 bits per heavy atom. The highest BCUT2D eigenvalue weighted by Crippen LogP contribution is 2.17. The van der Waals surface area contributed by atoms with Crippen LogP contribution in [0.25, 0.3) is 0 Å². The first-order valence-corrected chi connectivity index (χ1v) is 8.21. The molecule has 19 heavy (non-hydrogen) atoms. The maximum absolute atomic E-state index is 12.5. The number of hydrogen-bond donors (Lipinski definition) is 1. The van der Waals surface area contributed by atoms with E-state index < -0.39 is 15.3 Å². The van der Waals surface area contributed by atoms with E-state index >= 15 is 0 Å². The van der Waals surface area contributed by atoms with Gasteiger partial charge in [-0.15, -0.1) is 0 Å². The predicted molar refractivity (Wildman–Crippen MR) is 79.3 cm³/mol. The first-order chi connectivity index (χ1) is 8.97. The molecule has 0 bridgehead atoms. The Hall–Kier alpha value is -0.910. The van der Waals surface area contributed by atoms with Crippen molar-refractivity contribution in [2.75, 3.05) is 13.1 Å². The smallest absolute Gasteiger partial charge is 0.218 e. The van der Waals surface area contributed by atoms with Crippen LogP contribution < -0.4 is 5.73 Å². The average molecular weight is 284 g/mol. The monoisotopic (exact) mass is 284 g/mol. The third-order valence-corrected chi connectivity index (χ3v) is 5.94. The minimum atomic E-state index is -3.32. The van der Waals surface area contributed by atoms with Gasteiger partial charge in [-0.05, 0) is 24.5 Å². The minimum Gasteiger partial charge on any atom is -0.329 e. The average Bonchev–Trinajstić information content (AvgIpc) is 2.38. The lowest BCUT2D eigenvalue weighted by Gasteiger charge is -2.26. The van der Waals surface area contributed by atoms with Gasteiger partial charge in [-0.2, -0.15) is 4.31 Å². The lowest BCUT2D eigenvalue weighted by atomic mass is 10.1. The van der Waals surface area contributed by atoms with Crippen molar-refractivity contribution >= 4 is 10.0 Å². The maximum atomic E-state index is 12.5. The zero-order chi connectivity index (χ0) is 14.5. The summed E-state index contributed by atoms with van der Waals surface area (Å²) < 4.78 is 26.5. The quantitative estimate of drug-likeness (QED) is 0.831. The van der Waals surface area contributed by atoms with E-state index in [-0.39, 0.29) is 6.54 Å². The van der Waals surface area contributed by atoms with Crippen molar-refractivity contribution < 1.29 is 8.42 Å². The van der Waals surface area contributed by atoms with E-state index in [1.54, 1.807) is 0 Å². The van der Waals surface area contributed by atoms with Gasteiger partial charge in [-0.1, -0.05) is 38.1 Å². The molecule has 0 amide bonds. The minimum absolute atomic E-state index is 0.170. The normalized spacial score (nSPS) is 13.7. The summed E-state index contributed by atoms with van der Waals surface area (Å²) in [4.78, 5) is 0. The third-order valence-electron chi connectivity index (χ3n) is 3.46. The number of rotatable bonds is 7. The third kappa shape index (κ3) is 3.78. The molecule has 0 aliphatic rings. The molecule has 0 aliphatic carbocycles. The zero-order valence-electron chi connectivity index (χ0n) is 12.0. The van der Waals surface area contributed by atoms with Crippen LogP contribution in [-0.4, -0.2) is 31.1 Å². The van der Waals surface area contributed by atoms with Crippen LogP contribution in [0.1, 0.15) is 31.4 Å². The maximum Gasteiger partial charge on any atom is 0.218 e. The second-order valence-electron chi connectivity index (χ2n) is 4.66. The van der Waals surface area contributed by atoms with Crippen LogP contribution >= 0.6 is 0 Å². The fourth-order valence-corrected chi connectivity index (χ4v) is 3.83. The molecule has 0 heterocycles. The van der Waals surface area contributed by atoms with Gasteiger partial charge in [0, 0.05) is 19.6 Å². The Balaban J connectivity index is 2.99. The lowest BCUT2D eigenvalue weighted by molar-refractivity contribution is 0.412. The molecule has 0 saturated heterocycles. The Bertz CT molecular complexity index is 496. The number of hydrogen-bond acceptors (Lipinski definition) is 3. The molecule has 0 radical (unpaired) electrons. The molecule has 1 aromatic carbocycles. The first-order valence-electron chi connectivity index (χ1n) is 6.70. The van der Waals surface area contributed by atoms with Crippen molar-refractivity contribution in [3.63, 3.8) is 0 Å². The molecule has 1 aromatic rings. The standard InChI is InChI=1S/C14H24N2O2S/c1-4-14(10-15)19(17,18)16(5-2)11-13-9-7-6-8-12(13)3/h6-9,14H,4-5,10-11,15H2,1-3H3. The van der Waals surface area contributed by atoms with Gasteiger partial charge in [-0.3, -0.25) is 0 Å². The Morgan fingerprint density at radius 1 is 1.26 bits per heavy atom. The van der Waals surface area contributed by atoms with Crippen LogP contribution in [0.15, 0.2) is 24.3 Å². The van der Waals surface area contributed by atoms with E-state index in [4.69, 9.17) is 5.73 Å². The van der Waals surface area contributed by atoms with Crippen molar-refractivity contribution in [3.8, 4) is 0 Å². The van der Waals surface area contributed by atoms with Crippen molar-refractivity contribution in [2.45, 2.75) is 39.0 Å². The van der Waals surface area contributed by atoms with Crippen LogP contribution in [0.3, 0.4) is 0 Å². The van der Waals surface area contributed by atoms with Crippen molar-refractivity contribution in [1.29, 1.82) is 0 Å². The van der Waals surface area contributed by atoms with E-state index in [2.05, 4.69) is 0 Å². The fraction of sp³-hybridized carbons (Fsp3) is 0.571. The highest BCUT2D eigenvalue weighted by atomic mass is 32.2. The lowest BCUT2D eigenvalue weighted by Crippen LogP contribution is -2.41. The van der Waals surface area contributed by atoms with Gasteiger partial charge in [0.2, 0.25) is 10.0 Å². The number of aryl methyl sites for hydroxylation is 1. The van der Waals surface area contributed by atoms with Gasteiger partial charge in [0.1, 0.15) is 0 Å². The molecule has 0 aliphatic heterocycles. The predicted octanol–water partition coefficient (Wildman–Crippen LogP) is 1.88. The number of benzene rings is 1. The van der Waals surface area contributed by atoms with Gasteiger partial charge in [0.25, 0.3) is 0 Å². The zero-order valence-corrected chi connectivity index (χ0v) is 12.8. The molecule has 4 nitrogen and oxygen atoms in total. The van der Waals surface area contributed by atoms with E-state index in [0.717, 1.165) is 11.1 Å². The highest BCUT2D eigenvalue weighted by Gasteiger charge is 2.29. The number of sulfonamides is 1. The van der Waals surface area contributed by atoms with Crippen LogP contribution in [0.5, 0.6) is 0 Å². The van der Waals surface area contributed by atoms with Gasteiger partial charge in [-0.25, -0.2) is 8.42 Å². The summed E-state index contributed by atoms with van der Waals surface area (Å²) >= 11 is 0.